The topological polar surface area (TPSA) is 27.9 Å². The zero-order valence-corrected chi connectivity index (χ0v) is 46.5. The quantitative estimate of drug-likeness (QED) is 0.149. The van der Waals surface area contributed by atoms with E-state index in [2.05, 4.69) is 332 Å². The van der Waals surface area contributed by atoms with Gasteiger partial charge in [-0.25, -0.2) is 0 Å². The molecule has 0 unspecified atom stereocenters. The van der Waals surface area contributed by atoms with Crippen molar-refractivity contribution in [3.63, 3.8) is 0 Å². The van der Waals surface area contributed by atoms with E-state index in [0.717, 1.165) is 84.1 Å². The molecule has 6 heteroatoms. The molecule has 0 N–H and O–H groups in total. The van der Waals surface area contributed by atoms with Crippen molar-refractivity contribution in [1.29, 1.82) is 0 Å². The van der Waals surface area contributed by atoms with Crippen LogP contribution in [0.5, 0.6) is 0 Å². The largest absolute Gasteiger partial charge is 0.309 e. The molecule has 0 saturated heterocycles. The first kappa shape index (κ1) is 47.3. The number of benzene rings is 13. The zero-order valence-electron chi connectivity index (χ0n) is 46.5. The Bertz CT molecular complexity index is 5740. The third-order valence-corrected chi connectivity index (χ3v) is 17.9. The predicted molar refractivity (Wildman–Crippen MR) is 358 cm³/mol. The van der Waals surface area contributed by atoms with Crippen LogP contribution in [-0.2, 0) is 0 Å². The fraction of sp³-hybridized carbons (Fsp3) is 0.0127. The number of anilines is 3. The van der Waals surface area contributed by atoms with E-state index in [9.17, 15) is 0 Å². The summed E-state index contributed by atoms with van der Waals surface area (Å²) in [6.45, 7) is 2.25. The van der Waals surface area contributed by atoms with Crippen LogP contribution in [0, 0.1) is 6.92 Å². The molecule has 0 aliphatic rings. The summed E-state index contributed by atoms with van der Waals surface area (Å²) in [5, 5.41) is 12.0. The minimum atomic E-state index is 1.06. The minimum Gasteiger partial charge on any atom is -0.309 e. The van der Waals surface area contributed by atoms with Crippen molar-refractivity contribution in [2.24, 2.45) is 0 Å². The second-order valence-corrected chi connectivity index (χ2v) is 22.5. The monoisotopic (exact) mass is 1080 g/mol. The van der Waals surface area contributed by atoms with Gasteiger partial charge in [0, 0.05) is 93.7 Å². The molecule has 0 aliphatic carbocycles. The lowest BCUT2D eigenvalue weighted by Crippen LogP contribution is -2.12. The van der Waals surface area contributed by atoms with Crippen molar-refractivity contribution in [3.8, 4) is 28.4 Å². The molecule has 5 heterocycles. The van der Waals surface area contributed by atoms with Gasteiger partial charge >= 0.3 is 0 Å². The van der Waals surface area contributed by atoms with Gasteiger partial charge in [-0.15, -0.1) is 0 Å². The average Bonchev–Trinajstić information content (AvgIpc) is 1.84. The molecule has 13 aromatic carbocycles. The Labute approximate surface area is 489 Å². The summed E-state index contributed by atoms with van der Waals surface area (Å²) in [6.07, 6.45) is 0. The van der Waals surface area contributed by atoms with Crippen molar-refractivity contribution in [1.82, 2.24) is 22.8 Å². The van der Waals surface area contributed by atoms with Crippen LogP contribution >= 0.6 is 0 Å². The van der Waals surface area contributed by atoms with Crippen molar-refractivity contribution in [2.75, 3.05) is 4.90 Å². The van der Waals surface area contributed by atoms with E-state index >= 15 is 0 Å². The van der Waals surface area contributed by atoms with Crippen LogP contribution in [-0.4, -0.2) is 22.8 Å². The lowest BCUT2D eigenvalue weighted by atomic mass is 10.0. The molecule has 0 bridgehead atoms. The number of aryl methyl sites for hydroxylation is 1. The number of aromatic nitrogens is 5. The summed E-state index contributed by atoms with van der Waals surface area (Å²) < 4.78 is 12.4. The van der Waals surface area contributed by atoms with Gasteiger partial charge in [-0.05, 0) is 128 Å². The van der Waals surface area contributed by atoms with Gasteiger partial charge in [0.25, 0.3) is 0 Å². The van der Waals surface area contributed by atoms with E-state index in [-0.39, 0.29) is 0 Å². The van der Waals surface area contributed by atoms with Gasteiger partial charge in [0.2, 0.25) is 0 Å². The van der Waals surface area contributed by atoms with Crippen LogP contribution in [0.15, 0.2) is 297 Å². The number of hydrogen-bond donors (Lipinski definition) is 0. The molecule has 5 aromatic heterocycles. The second kappa shape index (κ2) is 18.3. The van der Waals surface area contributed by atoms with E-state index < -0.39 is 0 Å². The third kappa shape index (κ3) is 6.88. The van der Waals surface area contributed by atoms with Gasteiger partial charge in [0.15, 0.2) is 0 Å². The molecule has 0 radical (unpaired) electrons. The Morgan fingerprint density at radius 1 is 0.224 bits per heavy atom. The fourth-order valence-electron chi connectivity index (χ4n) is 14.4. The molecule has 85 heavy (non-hydrogen) atoms. The van der Waals surface area contributed by atoms with E-state index in [1.807, 2.05) is 0 Å². The summed E-state index contributed by atoms with van der Waals surface area (Å²) >= 11 is 0. The summed E-state index contributed by atoms with van der Waals surface area (Å²) in [4.78, 5) is 2.55. The molecule has 0 atom stereocenters. The second-order valence-electron chi connectivity index (χ2n) is 22.5. The molecule has 18 aromatic rings. The Hall–Kier alpha value is -11.3. The molecule has 0 fully saturated rings. The summed E-state index contributed by atoms with van der Waals surface area (Å²) in [5.74, 6) is 0. The van der Waals surface area contributed by atoms with Crippen molar-refractivity contribution >= 4 is 126 Å². The Kier molecular flexibility index (Phi) is 10.2. The highest BCUT2D eigenvalue weighted by molar-refractivity contribution is 6.31. The number of rotatable bonds is 8. The summed E-state index contributed by atoms with van der Waals surface area (Å²) in [6, 6.07) is 110. The minimum absolute atomic E-state index is 1.06. The maximum atomic E-state index is 2.57. The van der Waals surface area contributed by atoms with Gasteiger partial charge in [0.05, 0.1) is 60.9 Å². The van der Waals surface area contributed by atoms with Crippen molar-refractivity contribution in [2.45, 2.75) is 6.92 Å². The maximum absolute atomic E-state index is 2.57. The molecular formula is C79H52N6. The van der Waals surface area contributed by atoms with Gasteiger partial charge in [0.1, 0.15) is 0 Å². The average molecular weight is 1090 g/mol. The summed E-state index contributed by atoms with van der Waals surface area (Å²) in [7, 11) is 0. The van der Waals surface area contributed by atoms with Crippen LogP contribution < -0.4 is 4.90 Å². The maximum Gasteiger partial charge on any atom is 0.0662 e. The molecule has 0 amide bonds. The van der Waals surface area contributed by atoms with E-state index in [4.69, 9.17) is 0 Å². The van der Waals surface area contributed by atoms with Gasteiger partial charge in [-0.3, -0.25) is 0 Å². The standard InChI is InChI=1S/C79H52N6/c1-51-23-11-17-35-66(51)83(55-41-44-61-58-30-12-18-36-67(58)80(72(61)47-55)52-24-5-2-6-25-52)75-50-76-77(64-33-15-21-39-70(64)84(76)56-42-45-62-59-31-13-19-37-68(59)81(73(62)48-56)53-26-7-3-8-27-53)79-78(75)65-34-16-22-40-71(65)85(79)57-43-46-63-60-32-14-20-38-69(60)82(74(63)49-57)54-28-9-4-10-29-54/h2-50H,1H3. The summed E-state index contributed by atoms with van der Waals surface area (Å²) in [5.41, 5.74) is 21.4. The smallest absolute Gasteiger partial charge is 0.0662 e. The van der Waals surface area contributed by atoms with Crippen molar-refractivity contribution in [3.05, 3.63) is 303 Å². The number of nitrogens with zero attached hydrogens (tertiary/aromatic N) is 6. The Morgan fingerprint density at radius 2 is 0.576 bits per heavy atom. The number of hydrogen-bond acceptors (Lipinski definition) is 1. The third-order valence-electron chi connectivity index (χ3n) is 17.9. The van der Waals surface area contributed by atoms with Crippen LogP contribution in [0.3, 0.4) is 0 Å². The SMILES string of the molecule is Cc1ccccc1N(c1ccc2c3ccccc3n(-c3ccccc3)c2c1)c1cc2c(c3ccccc3n2-c2ccc3c4ccccc4n(-c4ccccc4)c3c2)c2c1c1ccccc1n2-c1ccc2c3ccccc3n(-c3ccccc3)c2c1. The fourth-order valence-corrected chi connectivity index (χ4v) is 14.4. The molecule has 398 valence electrons. The lowest BCUT2D eigenvalue weighted by Gasteiger charge is -2.29. The van der Waals surface area contributed by atoms with Crippen LogP contribution in [0.1, 0.15) is 5.56 Å². The normalized spacial score (nSPS) is 12.1. The molecule has 18 rings (SSSR count). The van der Waals surface area contributed by atoms with Crippen LogP contribution in [0.25, 0.3) is 137 Å². The predicted octanol–water partition coefficient (Wildman–Crippen LogP) is 21.0. The number of para-hydroxylation sites is 9. The van der Waals surface area contributed by atoms with Gasteiger partial charge in [-0.1, -0.05) is 182 Å². The van der Waals surface area contributed by atoms with E-state index in [1.54, 1.807) is 0 Å². The first-order valence-electron chi connectivity index (χ1n) is 29.3. The lowest BCUT2D eigenvalue weighted by molar-refractivity contribution is 1.15. The molecule has 0 spiro atoms. The van der Waals surface area contributed by atoms with E-state index in [1.165, 1.54) is 76.0 Å². The van der Waals surface area contributed by atoms with Crippen molar-refractivity contribution < 1.29 is 0 Å². The highest BCUT2D eigenvalue weighted by Gasteiger charge is 2.29. The molecule has 0 aliphatic heterocycles. The van der Waals surface area contributed by atoms with Crippen LogP contribution in [0.2, 0.25) is 0 Å². The number of fused-ring (bicyclic) bond motifs is 16. The first-order valence-corrected chi connectivity index (χ1v) is 29.3. The molecular weight excluding hydrogens is 1030 g/mol. The van der Waals surface area contributed by atoms with Crippen LogP contribution in [0.4, 0.5) is 17.1 Å². The highest BCUT2D eigenvalue weighted by Crippen LogP contribution is 2.51. The van der Waals surface area contributed by atoms with Gasteiger partial charge in [-0.2, -0.15) is 0 Å². The zero-order chi connectivity index (χ0) is 55.9. The molecule has 0 saturated carbocycles. The van der Waals surface area contributed by atoms with Gasteiger partial charge < -0.3 is 27.7 Å². The Morgan fingerprint density at radius 3 is 1.07 bits per heavy atom. The highest BCUT2D eigenvalue weighted by atomic mass is 15.2. The van der Waals surface area contributed by atoms with E-state index in [0.29, 0.717) is 0 Å². The first-order chi connectivity index (χ1) is 42.1. The Balaban J connectivity index is 1.01. The molecule has 6 nitrogen and oxygen atoms in total.